The Balaban J connectivity index is 2.61. The molecule has 3 nitrogen and oxygen atoms in total. The van der Waals surface area contributed by atoms with Crippen molar-refractivity contribution in [3.8, 4) is 0 Å². The van der Waals surface area contributed by atoms with Crippen LogP contribution in [-0.2, 0) is 0 Å². The lowest BCUT2D eigenvalue weighted by Gasteiger charge is -2.31. The Morgan fingerprint density at radius 2 is 1.94 bits per heavy atom. The molecule has 1 N–H and O–H groups in total. The molecule has 1 heterocycles. The van der Waals surface area contributed by atoms with Crippen LogP contribution in [0.15, 0.2) is 0 Å². The van der Waals surface area contributed by atoms with Crippen LogP contribution in [0, 0.1) is 11.8 Å². The molecule has 0 spiro atoms. The molecule has 1 saturated heterocycles. The topological polar surface area (TPSA) is 18.5 Å². The third-order valence-corrected chi connectivity index (χ3v) is 3.92. The maximum atomic E-state index is 3.33. The second-order valence-corrected chi connectivity index (χ2v) is 5.83. The zero-order valence-electron chi connectivity index (χ0n) is 11.8. The van der Waals surface area contributed by atoms with E-state index in [2.05, 4.69) is 57.0 Å². The molecule has 0 radical (unpaired) electrons. The van der Waals surface area contributed by atoms with E-state index in [-0.39, 0.29) is 0 Å². The molecule has 3 unspecified atom stereocenters. The lowest BCUT2D eigenvalue weighted by Crippen LogP contribution is -2.45. The predicted octanol–water partition coefficient (Wildman–Crippen LogP) is 1.11. The Morgan fingerprint density at radius 1 is 1.31 bits per heavy atom. The van der Waals surface area contributed by atoms with E-state index in [4.69, 9.17) is 0 Å². The van der Waals surface area contributed by atoms with Crippen molar-refractivity contribution in [3.63, 3.8) is 0 Å². The quantitative estimate of drug-likeness (QED) is 0.759. The minimum absolute atomic E-state index is 0.678. The first-order chi connectivity index (χ1) is 7.47. The second-order valence-electron chi connectivity index (χ2n) is 5.83. The van der Waals surface area contributed by atoms with Crippen molar-refractivity contribution in [3.05, 3.63) is 0 Å². The van der Waals surface area contributed by atoms with Gasteiger partial charge in [-0.2, -0.15) is 0 Å². The highest BCUT2D eigenvalue weighted by Gasteiger charge is 2.35. The Kier molecular flexibility index (Phi) is 5.22. The zero-order chi connectivity index (χ0) is 12.3. The first kappa shape index (κ1) is 13.9. The lowest BCUT2D eigenvalue weighted by atomic mass is 10.0. The summed E-state index contributed by atoms with van der Waals surface area (Å²) in [6, 6.07) is 1.40. The molecule has 3 heteroatoms. The number of nitrogens with zero attached hydrogens (tertiary/aromatic N) is 2. The average molecular weight is 227 g/mol. The molecular formula is C13H29N3. The summed E-state index contributed by atoms with van der Waals surface area (Å²) in [5, 5.41) is 3.33. The van der Waals surface area contributed by atoms with Crippen LogP contribution in [0.5, 0.6) is 0 Å². The molecule has 0 amide bonds. The summed E-state index contributed by atoms with van der Waals surface area (Å²) < 4.78 is 0. The van der Waals surface area contributed by atoms with Crippen LogP contribution >= 0.6 is 0 Å². The molecule has 1 aliphatic rings. The largest absolute Gasteiger partial charge is 0.318 e. The van der Waals surface area contributed by atoms with Crippen molar-refractivity contribution in [2.75, 3.05) is 40.8 Å². The van der Waals surface area contributed by atoms with Crippen molar-refractivity contribution >= 4 is 0 Å². The predicted molar refractivity (Wildman–Crippen MR) is 70.8 cm³/mol. The third-order valence-electron chi connectivity index (χ3n) is 3.92. The number of rotatable bonds is 5. The van der Waals surface area contributed by atoms with Gasteiger partial charge in [-0.1, -0.05) is 20.8 Å². The summed E-state index contributed by atoms with van der Waals surface area (Å²) in [4.78, 5) is 5.04. The molecule has 0 aromatic heterocycles. The lowest BCUT2D eigenvalue weighted by molar-refractivity contribution is 0.173. The Hall–Kier alpha value is -0.120. The van der Waals surface area contributed by atoms with Gasteiger partial charge in [-0.3, -0.25) is 4.90 Å². The van der Waals surface area contributed by atoms with Crippen LogP contribution in [0.2, 0.25) is 0 Å². The van der Waals surface area contributed by atoms with Gasteiger partial charge in [-0.05, 0) is 33.0 Å². The fourth-order valence-electron chi connectivity index (χ4n) is 2.92. The fraction of sp³-hybridized carbons (Fsp3) is 1.00. The number of hydrogen-bond acceptors (Lipinski definition) is 3. The molecule has 1 fully saturated rings. The van der Waals surface area contributed by atoms with Gasteiger partial charge >= 0.3 is 0 Å². The van der Waals surface area contributed by atoms with Gasteiger partial charge in [0.25, 0.3) is 0 Å². The number of likely N-dealkylation sites (tertiary alicyclic amines) is 1. The van der Waals surface area contributed by atoms with E-state index in [1.54, 1.807) is 0 Å². The normalized spacial score (nSPS) is 29.2. The second kappa shape index (κ2) is 5.99. The van der Waals surface area contributed by atoms with E-state index in [0.717, 1.165) is 24.4 Å². The average Bonchev–Trinajstić information content (AvgIpc) is 2.56. The van der Waals surface area contributed by atoms with Crippen molar-refractivity contribution in [2.24, 2.45) is 11.8 Å². The van der Waals surface area contributed by atoms with Crippen LogP contribution in [0.25, 0.3) is 0 Å². The van der Waals surface area contributed by atoms with Crippen LogP contribution in [0.3, 0.4) is 0 Å². The first-order valence-electron chi connectivity index (χ1n) is 6.52. The van der Waals surface area contributed by atoms with E-state index in [1.807, 2.05) is 0 Å². The maximum absolute atomic E-state index is 3.33. The van der Waals surface area contributed by atoms with Gasteiger partial charge in [0, 0.05) is 31.7 Å². The molecule has 1 rings (SSSR count). The van der Waals surface area contributed by atoms with Gasteiger partial charge in [-0.25, -0.2) is 0 Å². The van der Waals surface area contributed by atoms with Crippen molar-refractivity contribution in [2.45, 2.75) is 32.9 Å². The zero-order valence-corrected chi connectivity index (χ0v) is 11.8. The summed E-state index contributed by atoms with van der Waals surface area (Å²) in [7, 11) is 6.46. The van der Waals surface area contributed by atoms with Crippen LogP contribution in [0.4, 0.5) is 0 Å². The Morgan fingerprint density at radius 3 is 2.31 bits per heavy atom. The molecule has 0 saturated carbocycles. The fourth-order valence-corrected chi connectivity index (χ4v) is 2.92. The summed E-state index contributed by atoms with van der Waals surface area (Å²) in [6.07, 6.45) is 0. The molecule has 3 atom stereocenters. The summed E-state index contributed by atoms with van der Waals surface area (Å²) in [5.74, 6) is 1.51. The monoisotopic (exact) mass is 227 g/mol. The maximum Gasteiger partial charge on any atom is 0.0254 e. The molecule has 0 aromatic carbocycles. The van der Waals surface area contributed by atoms with Crippen molar-refractivity contribution < 1.29 is 0 Å². The molecule has 1 aliphatic heterocycles. The standard InChI is InChI=1S/C13H29N3/c1-10(2)12(7-14-4)16-8-11(3)13(9-16)15(5)6/h10-14H,7-9H2,1-6H3. The molecule has 0 aromatic rings. The van der Waals surface area contributed by atoms with E-state index in [0.29, 0.717) is 6.04 Å². The van der Waals surface area contributed by atoms with Gasteiger partial charge in [0.1, 0.15) is 0 Å². The van der Waals surface area contributed by atoms with Crippen LogP contribution < -0.4 is 5.32 Å². The first-order valence-corrected chi connectivity index (χ1v) is 6.52. The minimum atomic E-state index is 0.678. The highest BCUT2D eigenvalue weighted by Crippen LogP contribution is 2.24. The van der Waals surface area contributed by atoms with E-state index in [9.17, 15) is 0 Å². The van der Waals surface area contributed by atoms with Gasteiger partial charge < -0.3 is 10.2 Å². The van der Waals surface area contributed by atoms with E-state index < -0.39 is 0 Å². The van der Waals surface area contributed by atoms with Gasteiger partial charge in [-0.15, -0.1) is 0 Å². The number of hydrogen-bond donors (Lipinski definition) is 1. The molecule has 0 bridgehead atoms. The van der Waals surface area contributed by atoms with Gasteiger partial charge in [0.15, 0.2) is 0 Å². The minimum Gasteiger partial charge on any atom is -0.318 e. The van der Waals surface area contributed by atoms with Gasteiger partial charge in [0.2, 0.25) is 0 Å². The SMILES string of the molecule is CNCC(C(C)C)N1CC(C)C(N(C)C)C1. The highest BCUT2D eigenvalue weighted by atomic mass is 15.3. The molecular weight excluding hydrogens is 198 g/mol. The van der Waals surface area contributed by atoms with Crippen LogP contribution in [-0.4, -0.2) is 62.7 Å². The van der Waals surface area contributed by atoms with Crippen molar-refractivity contribution in [1.29, 1.82) is 0 Å². The summed E-state index contributed by atoms with van der Waals surface area (Å²) in [6.45, 7) is 10.6. The molecule has 0 aliphatic carbocycles. The molecule has 96 valence electrons. The van der Waals surface area contributed by atoms with E-state index in [1.165, 1.54) is 13.1 Å². The summed E-state index contributed by atoms with van der Waals surface area (Å²) >= 11 is 0. The number of likely N-dealkylation sites (N-methyl/N-ethyl adjacent to an activating group) is 2. The van der Waals surface area contributed by atoms with Crippen molar-refractivity contribution in [1.82, 2.24) is 15.1 Å². The summed E-state index contributed by atoms with van der Waals surface area (Å²) in [5.41, 5.74) is 0. The molecule has 16 heavy (non-hydrogen) atoms. The highest BCUT2D eigenvalue weighted by molar-refractivity contribution is 4.91. The van der Waals surface area contributed by atoms with E-state index >= 15 is 0 Å². The smallest absolute Gasteiger partial charge is 0.0254 e. The number of nitrogens with one attached hydrogen (secondary N) is 1. The Bertz CT molecular complexity index is 203. The third kappa shape index (κ3) is 3.19. The van der Waals surface area contributed by atoms with Crippen LogP contribution in [0.1, 0.15) is 20.8 Å². The Labute approximate surface area is 101 Å². The van der Waals surface area contributed by atoms with Gasteiger partial charge in [0.05, 0.1) is 0 Å².